The van der Waals surface area contributed by atoms with Gasteiger partial charge in [0.15, 0.2) is 6.61 Å². The van der Waals surface area contributed by atoms with E-state index >= 15 is 0 Å². The number of benzene rings is 1. The molecular formula is C16H19N3O2. The summed E-state index contributed by atoms with van der Waals surface area (Å²) in [6.45, 7) is 6.20. The number of carbonyl (C=O) groups excluding carboxylic acids is 1. The van der Waals surface area contributed by atoms with Crippen LogP contribution in [0.4, 0.5) is 0 Å². The number of amides is 1. The van der Waals surface area contributed by atoms with Gasteiger partial charge in [0, 0.05) is 5.69 Å². The first-order chi connectivity index (χ1) is 10.0. The molecule has 2 aromatic rings. The summed E-state index contributed by atoms with van der Waals surface area (Å²) in [5.41, 5.74) is 3.77. The fourth-order valence-corrected chi connectivity index (χ4v) is 1.85. The molecule has 1 aromatic carbocycles. The lowest BCUT2D eigenvalue weighted by Crippen LogP contribution is -2.28. The van der Waals surface area contributed by atoms with E-state index < -0.39 is 0 Å². The van der Waals surface area contributed by atoms with Crippen molar-refractivity contribution in [3.8, 4) is 5.75 Å². The number of carbonyl (C=O) groups is 1. The van der Waals surface area contributed by atoms with Crippen molar-refractivity contribution in [2.24, 2.45) is 0 Å². The van der Waals surface area contributed by atoms with Gasteiger partial charge in [-0.05, 0) is 44.0 Å². The largest absolute Gasteiger partial charge is 0.483 e. The van der Waals surface area contributed by atoms with E-state index in [2.05, 4.69) is 15.3 Å². The Morgan fingerprint density at radius 1 is 1.19 bits per heavy atom. The van der Waals surface area contributed by atoms with Crippen molar-refractivity contribution in [2.75, 3.05) is 6.61 Å². The van der Waals surface area contributed by atoms with Crippen LogP contribution in [0.15, 0.2) is 30.6 Å². The van der Waals surface area contributed by atoms with Gasteiger partial charge in [-0.15, -0.1) is 0 Å². The Morgan fingerprint density at radius 3 is 2.76 bits per heavy atom. The molecule has 0 saturated heterocycles. The fraction of sp³-hybridized carbons (Fsp3) is 0.312. The van der Waals surface area contributed by atoms with E-state index in [-0.39, 0.29) is 12.5 Å². The zero-order valence-corrected chi connectivity index (χ0v) is 12.5. The maximum absolute atomic E-state index is 11.8. The number of ether oxygens (including phenoxy) is 1. The molecule has 0 spiro atoms. The molecule has 5 nitrogen and oxygen atoms in total. The van der Waals surface area contributed by atoms with Gasteiger partial charge in [0.05, 0.1) is 12.2 Å². The Balaban J connectivity index is 1.83. The summed E-state index contributed by atoms with van der Waals surface area (Å²) in [6, 6.07) is 7.76. The molecular weight excluding hydrogens is 266 g/mol. The second-order valence-electron chi connectivity index (χ2n) is 4.99. The molecule has 110 valence electrons. The third-order valence-corrected chi connectivity index (χ3v) is 3.03. The van der Waals surface area contributed by atoms with Crippen LogP contribution in [0.3, 0.4) is 0 Å². The summed E-state index contributed by atoms with van der Waals surface area (Å²) < 4.78 is 5.55. The maximum atomic E-state index is 11.8. The predicted molar refractivity (Wildman–Crippen MR) is 80.0 cm³/mol. The van der Waals surface area contributed by atoms with Crippen molar-refractivity contribution in [2.45, 2.75) is 27.3 Å². The molecule has 5 heteroatoms. The van der Waals surface area contributed by atoms with Crippen LogP contribution in [-0.4, -0.2) is 22.5 Å². The summed E-state index contributed by atoms with van der Waals surface area (Å²) in [5.74, 6) is 0.565. The van der Waals surface area contributed by atoms with Crippen LogP contribution in [0.2, 0.25) is 0 Å². The van der Waals surface area contributed by atoms with E-state index in [9.17, 15) is 4.79 Å². The van der Waals surface area contributed by atoms with E-state index in [0.29, 0.717) is 6.54 Å². The lowest BCUT2D eigenvalue weighted by molar-refractivity contribution is -0.123. The van der Waals surface area contributed by atoms with Gasteiger partial charge < -0.3 is 10.1 Å². The van der Waals surface area contributed by atoms with Gasteiger partial charge in [0.1, 0.15) is 12.1 Å². The Labute approximate surface area is 124 Å². The SMILES string of the molecule is Cc1ccc(C)c(OCC(=O)NCc2cc(C)ncn2)c1. The third-order valence-electron chi connectivity index (χ3n) is 3.03. The molecule has 0 aliphatic carbocycles. The Bertz CT molecular complexity index is 641. The zero-order valence-electron chi connectivity index (χ0n) is 12.5. The molecule has 0 saturated carbocycles. The highest BCUT2D eigenvalue weighted by molar-refractivity contribution is 5.77. The van der Waals surface area contributed by atoms with Crippen LogP contribution < -0.4 is 10.1 Å². The van der Waals surface area contributed by atoms with Crippen LogP contribution in [0.5, 0.6) is 5.75 Å². The number of aryl methyl sites for hydroxylation is 3. The molecule has 0 fully saturated rings. The number of hydrogen-bond donors (Lipinski definition) is 1. The van der Waals surface area contributed by atoms with E-state index in [1.54, 1.807) is 0 Å². The highest BCUT2D eigenvalue weighted by Gasteiger charge is 2.06. The number of nitrogens with zero attached hydrogens (tertiary/aromatic N) is 2. The molecule has 0 bridgehead atoms. The molecule has 0 unspecified atom stereocenters. The van der Waals surface area contributed by atoms with Gasteiger partial charge >= 0.3 is 0 Å². The third kappa shape index (κ3) is 4.56. The summed E-state index contributed by atoms with van der Waals surface area (Å²) >= 11 is 0. The van der Waals surface area contributed by atoms with Gasteiger partial charge in [0.2, 0.25) is 0 Å². The Hall–Kier alpha value is -2.43. The molecule has 1 heterocycles. The predicted octanol–water partition coefficient (Wildman–Crippen LogP) is 2.10. The van der Waals surface area contributed by atoms with Crippen molar-refractivity contribution >= 4 is 5.91 Å². The van der Waals surface area contributed by atoms with E-state index in [0.717, 1.165) is 28.3 Å². The van der Waals surface area contributed by atoms with Crippen molar-refractivity contribution in [1.29, 1.82) is 0 Å². The Kier molecular flexibility index (Phi) is 4.87. The molecule has 1 aromatic heterocycles. The number of nitrogens with one attached hydrogen (secondary N) is 1. The Morgan fingerprint density at radius 2 is 2.00 bits per heavy atom. The zero-order chi connectivity index (χ0) is 15.2. The normalized spacial score (nSPS) is 10.2. The maximum Gasteiger partial charge on any atom is 0.258 e. The summed E-state index contributed by atoms with van der Waals surface area (Å²) in [7, 11) is 0. The van der Waals surface area contributed by atoms with Crippen LogP contribution in [-0.2, 0) is 11.3 Å². The summed E-state index contributed by atoms with van der Waals surface area (Å²) in [6.07, 6.45) is 1.49. The molecule has 1 amide bonds. The van der Waals surface area contributed by atoms with Crippen LogP contribution in [0, 0.1) is 20.8 Å². The minimum Gasteiger partial charge on any atom is -0.483 e. The van der Waals surface area contributed by atoms with Gasteiger partial charge in [-0.3, -0.25) is 4.79 Å². The number of rotatable bonds is 5. The first-order valence-electron chi connectivity index (χ1n) is 6.79. The van der Waals surface area contributed by atoms with Crippen molar-refractivity contribution in [1.82, 2.24) is 15.3 Å². The smallest absolute Gasteiger partial charge is 0.258 e. The second-order valence-corrected chi connectivity index (χ2v) is 4.99. The van der Waals surface area contributed by atoms with E-state index in [1.807, 2.05) is 45.0 Å². The molecule has 1 N–H and O–H groups in total. The van der Waals surface area contributed by atoms with E-state index in [1.165, 1.54) is 6.33 Å². The van der Waals surface area contributed by atoms with Crippen molar-refractivity contribution in [3.63, 3.8) is 0 Å². The van der Waals surface area contributed by atoms with E-state index in [4.69, 9.17) is 4.74 Å². The summed E-state index contributed by atoms with van der Waals surface area (Å²) in [4.78, 5) is 19.9. The number of aromatic nitrogens is 2. The minimum absolute atomic E-state index is 0.00560. The van der Waals surface area contributed by atoms with Crippen molar-refractivity contribution < 1.29 is 9.53 Å². The molecule has 2 rings (SSSR count). The molecule has 0 aliphatic heterocycles. The number of hydrogen-bond acceptors (Lipinski definition) is 4. The molecule has 21 heavy (non-hydrogen) atoms. The first-order valence-corrected chi connectivity index (χ1v) is 6.79. The molecule has 0 atom stereocenters. The highest BCUT2D eigenvalue weighted by atomic mass is 16.5. The highest BCUT2D eigenvalue weighted by Crippen LogP contribution is 2.18. The summed E-state index contributed by atoms with van der Waals surface area (Å²) in [5, 5.41) is 2.78. The molecule has 0 radical (unpaired) electrons. The average molecular weight is 285 g/mol. The van der Waals surface area contributed by atoms with Gasteiger partial charge in [0.25, 0.3) is 5.91 Å². The quantitative estimate of drug-likeness (QED) is 0.913. The monoisotopic (exact) mass is 285 g/mol. The average Bonchev–Trinajstić information content (AvgIpc) is 2.46. The van der Waals surface area contributed by atoms with Gasteiger partial charge in [-0.2, -0.15) is 0 Å². The van der Waals surface area contributed by atoms with Crippen LogP contribution in [0.1, 0.15) is 22.5 Å². The van der Waals surface area contributed by atoms with Crippen LogP contribution >= 0.6 is 0 Å². The topological polar surface area (TPSA) is 64.1 Å². The van der Waals surface area contributed by atoms with Gasteiger partial charge in [-0.1, -0.05) is 12.1 Å². The second kappa shape index (κ2) is 6.83. The lowest BCUT2D eigenvalue weighted by Gasteiger charge is -2.10. The fourth-order valence-electron chi connectivity index (χ4n) is 1.85. The molecule has 0 aliphatic rings. The van der Waals surface area contributed by atoms with Gasteiger partial charge in [-0.25, -0.2) is 9.97 Å². The standard InChI is InChI=1S/C16H19N3O2/c1-11-4-5-12(2)15(6-11)21-9-16(20)17-8-14-7-13(3)18-10-19-14/h4-7,10H,8-9H2,1-3H3,(H,17,20). The van der Waals surface area contributed by atoms with Crippen molar-refractivity contribution in [3.05, 3.63) is 53.1 Å². The van der Waals surface area contributed by atoms with Crippen LogP contribution in [0.25, 0.3) is 0 Å². The minimum atomic E-state index is -0.174. The first kappa shape index (κ1) is 15.0. The lowest BCUT2D eigenvalue weighted by atomic mass is 10.1.